The van der Waals surface area contributed by atoms with Gasteiger partial charge < -0.3 is 9.39 Å². The fourth-order valence-corrected chi connectivity index (χ4v) is 3.44. The summed E-state index contributed by atoms with van der Waals surface area (Å²) in [5, 5.41) is 0. The minimum absolute atomic E-state index is 0.0248. The molecule has 2 unspecified atom stereocenters. The number of fused-ring (bicyclic) bond motifs is 1. The Labute approximate surface area is 97.4 Å². The van der Waals surface area contributed by atoms with Gasteiger partial charge in [0.05, 0.1) is 12.0 Å². The van der Waals surface area contributed by atoms with E-state index >= 15 is 0 Å². The van der Waals surface area contributed by atoms with Crippen LogP contribution in [-0.2, 0) is 14.8 Å². The second-order valence-electron chi connectivity index (χ2n) is 4.77. The maximum Gasteiger partial charge on any atom is 0.286 e. The largest absolute Gasteiger partial charge is 0.422 e. The summed E-state index contributed by atoms with van der Waals surface area (Å²) >= 11 is 0. The van der Waals surface area contributed by atoms with E-state index in [2.05, 4.69) is 24.3 Å². The first-order valence-corrected chi connectivity index (χ1v) is 5.90. The van der Waals surface area contributed by atoms with E-state index in [-0.39, 0.29) is 5.41 Å². The van der Waals surface area contributed by atoms with Gasteiger partial charge in [0.25, 0.3) is 8.05 Å². The van der Waals surface area contributed by atoms with Gasteiger partial charge in [0.2, 0.25) is 0 Å². The Balaban J connectivity index is 2.09. The van der Waals surface area contributed by atoms with E-state index in [0.717, 1.165) is 32.3 Å². The molecule has 0 amide bonds. The first-order chi connectivity index (χ1) is 7.83. The zero-order valence-corrected chi connectivity index (χ0v) is 9.32. The van der Waals surface area contributed by atoms with Crippen molar-refractivity contribution in [3.05, 3.63) is 35.9 Å². The summed E-state index contributed by atoms with van der Waals surface area (Å²) in [7, 11) is 5.51. The Morgan fingerprint density at radius 2 is 1.94 bits per heavy atom. The minimum atomic E-state index is -0.575. The number of rotatable bonds is 2. The predicted octanol–water partition coefficient (Wildman–Crippen LogP) is 2.33. The Bertz CT molecular complexity index is 367. The van der Waals surface area contributed by atoms with Crippen molar-refractivity contribution in [2.45, 2.75) is 36.9 Å². The summed E-state index contributed by atoms with van der Waals surface area (Å²) in [5.41, 5.74) is 1.28. The molecule has 2 radical (unpaired) electrons. The Kier molecular flexibility index (Phi) is 2.34. The molecule has 0 N–H and O–H groups in total. The minimum Gasteiger partial charge on any atom is -0.422 e. The molecule has 16 heavy (non-hydrogen) atoms. The molecule has 1 aromatic carbocycles. The van der Waals surface area contributed by atoms with E-state index in [0.29, 0.717) is 0 Å². The van der Waals surface area contributed by atoms with Crippen molar-refractivity contribution in [3.8, 4) is 0 Å². The van der Waals surface area contributed by atoms with E-state index in [1.807, 2.05) is 6.07 Å². The summed E-state index contributed by atoms with van der Waals surface area (Å²) in [5.74, 6) is -0.575. The first kappa shape index (κ1) is 10.4. The number of ether oxygens (including phenoxy) is 1. The van der Waals surface area contributed by atoms with Crippen molar-refractivity contribution in [2.75, 3.05) is 6.61 Å². The summed E-state index contributed by atoms with van der Waals surface area (Å²) in [6.07, 6.45) is 4.13. The average molecular weight is 214 g/mol. The molecule has 1 aliphatic heterocycles. The summed E-state index contributed by atoms with van der Waals surface area (Å²) in [4.78, 5) is 0. The van der Waals surface area contributed by atoms with E-state index < -0.39 is 5.79 Å². The Hall–Kier alpha value is -0.795. The van der Waals surface area contributed by atoms with Gasteiger partial charge in [0.1, 0.15) is 0 Å². The standard InChI is InChI=1S/C13H15BO2/c14-16-13-8-4-7-12(13,9-10-15-13)11-5-2-1-3-6-11/h1-3,5-6H,4,7-10H2. The molecule has 82 valence electrons. The van der Waals surface area contributed by atoms with E-state index in [1.54, 1.807) is 0 Å². The number of hydrogen-bond acceptors (Lipinski definition) is 2. The van der Waals surface area contributed by atoms with Crippen LogP contribution in [0, 0.1) is 0 Å². The van der Waals surface area contributed by atoms with Crippen molar-refractivity contribution in [2.24, 2.45) is 0 Å². The SMILES string of the molecule is [B]OC12CCCC1(c1ccccc1)CCO2. The van der Waals surface area contributed by atoms with Crippen molar-refractivity contribution in [1.82, 2.24) is 0 Å². The van der Waals surface area contributed by atoms with E-state index in [1.165, 1.54) is 5.56 Å². The summed E-state index contributed by atoms with van der Waals surface area (Å²) < 4.78 is 11.1. The molecule has 3 heteroatoms. The lowest BCUT2D eigenvalue weighted by atomic mass is 9.74. The molecule has 2 fully saturated rings. The molecule has 1 heterocycles. The second-order valence-corrected chi connectivity index (χ2v) is 4.77. The van der Waals surface area contributed by atoms with Crippen LogP contribution in [0.2, 0.25) is 0 Å². The van der Waals surface area contributed by atoms with E-state index in [4.69, 9.17) is 17.4 Å². The molecular formula is C13H15BO2. The van der Waals surface area contributed by atoms with Gasteiger partial charge >= 0.3 is 0 Å². The van der Waals surface area contributed by atoms with Crippen molar-refractivity contribution >= 4 is 8.05 Å². The van der Waals surface area contributed by atoms with Gasteiger partial charge in [-0.3, -0.25) is 0 Å². The molecule has 2 aliphatic rings. The third-order valence-corrected chi connectivity index (χ3v) is 4.22. The molecule has 2 atom stereocenters. The third kappa shape index (κ3) is 1.16. The predicted molar refractivity (Wildman–Crippen MR) is 62.1 cm³/mol. The molecule has 2 nitrogen and oxygen atoms in total. The van der Waals surface area contributed by atoms with Crippen molar-refractivity contribution < 1.29 is 9.39 Å². The highest BCUT2D eigenvalue weighted by Crippen LogP contribution is 2.56. The zero-order chi connectivity index (χ0) is 11.1. The number of benzene rings is 1. The van der Waals surface area contributed by atoms with Gasteiger partial charge in [0.15, 0.2) is 5.79 Å². The lowest BCUT2D eigenvalue weighted by Gasteiger charge is -2.39. The van der Waals surface area contributed by atoms with Gasteiger partial charge in [-0.1, -0.05) is 30.3 Å². The molecule has 0 aromatic heterocycles. The maximum absolute atomic E-state index is 5.82. The van der Waals surface area contributed by atoms with Crippen molar-refractivity contribution in [1.29, 1.82) is 0 Å². The van der Waals surface area contributed by atoms with Crippen LogP contribution in [0.3, 0.4) is 0 Å². The van der Waals surface area contributed by atoms with E-state index in [9.17, 15) is 0 Å². The highest BCUT2D eigenvalue weighted by atomic mass is 16.7. The van der Waals surface area contributed by atoms with Crippen LogP contribution >= 0.6 is 0 Å². The summed E-state index contributed by atoms with van der Waals surface area (Å²) in [6.45, 7) is 0.742. The van der Waals surface area contributed by atoms with Gasteiger partial charge in [-0.05, 0) is 24.8 Å². The van der Waals surface area contributed by atoms with Gasteiger partial charge in [0, 0.05) is 6.42 Å². The van der Waals surface area contributed by atoms with Crippen LogP contribution in [0.25, 0.3) is 0 Å². The van der Waals surface area contributed by atoms with Gasteiger partial charge in [-0.2, -0.15) is 0 Å². The molecule has 1 aromatic rings. The molecule has 1 saturated heterocycles. The van der Waals surface area contributed by atoms with Crippen LogP contribution in [0.5, 0.6) is 0 Å². The quantitative estimate of drug-likeness (QED) is 0.703. The highest BCUT2D eigenvalue weighted by molar-refractivity contribution is 5.98. The second kappa shape index (κ2) is 3.61. The Morgan fingerprint density at radius 3 is 2.69 bits per heavy atom. The lowest BCUT2D eigenvalue weighted by molar-refractivity contribution is -0.168. The van der Waals surface area contributed by atoms with Crippen LogP contribution < -0.4 is 0 Å². The van der Waals surface area contributed by atoms with Gasteiger partial charge in [-0.25, -0.2) is 0 Å². The van der Waals surface area contributed by atoms with Crippen LogP contribution in [0.15, 0.2) is 30.3 Å². The molecule has 0 bridgehead atoms. The normalized spacial score (nSPS) is 37.5. The van der Waals surface area contributed by atoms with Crippen LogP contribution in [-0.4, -0.2) is 20.4 Å². The van der Waals surface area contributed by atoms with Crippen molar-refractivity contribution in [3.63, 3.8) is 0 Å². The average Bonchev–Trinajstić information content (AvgIpc) is 2.85. The fraction of sp³-hybridized carbons (Fsp3) is 0.538. The van der Waals surface area contributed by atoms with Crippen LogP contribution in [0.4, 0.5) is 0 Å². The number of hydrogen-bond donors (Lipinski definition) is 0. The Morgan fingerprint density at radius 1 is 1.12 bits per heavy atom. The van der Waals surface area contributed by atoms with Gasteiger partial charge in [-0.15, -0.1) is 0 Å². The molecule has 1 saturated carbocycles. The third-order valence-electron chi connectivity index (χ3n) is 4.22. The lowest BCUT2D eigenvalue weighted by Crippen LogP contribution is -2.45. The smallest absolute Gasteiger partial charge is 0.286 e. The monoisotopic (exact) mass is 214 g/mol. The fourth-order valence-electron chi connectivity index (χ4n) is 3.44. The molecule has 0 spiro atoms. The highest BCUT2D eigenvalue weighted by Gasteiger charge is 2.60. The topological polar surface area (TPSA) is 18.5 Å². The first-order valence-electron chi connectivity index (χ1n) is 5.90. The summed E-state index contributed by atoms with van der Waals surface area (Å²) in [6, 6.07) is 10.5. The maximum atomic E-state index is 5.82. The zero-order valence-electron chi connectivity index (χ0n) is 9.32. The molecule has 3 rings (SSSR count). The molecule has 1 aliphatic carbocycles. The van der Waals surface area contributed by atoms with Crippen LogP contribution in [0.1, 0.15) is 31.2 Å². The molecular weight excluding hydrogens is 199 g/mol.